The fourth-order valence-electron chi connectivity index (χ4n) is 2.48. The van der Waals surface area contributed by atoms with E-state index in [9.17, 15) is 19.8 Å². The van der Waals surface area contributed by atoms with Gasteiger partial charge in [0.25, 0.3) is 0 Å². The van der Waals surface area contributed by atoms with Gasteiger partial charge in [0.05, 0.1) is 18.4 Å². The Balaban J connectivity index is 1.99. The maximum atomic E-state index is 11.7. The van der Waals surface area contributed by atoms with Crippen molar-refractivity contribution in [2.45, 2.75) is 57.7 Å². The maximum absolute atomic E-state index is 11.7. The summed E-state index contributed by atoms with van der Waals surface area (Å²) in [6.07, 6.45) is 4.48. The molecule has 1 heterocycles. The van der Waals surface area contributed by atoms with Crippen LogP contribution in [0, 0.1) is 5.92 Å². The van der Waals surface area contributed by atoms with Gasteiger partial charge in [0.2, 0.25) is 11.8 Å². The number of oxime groups is 1. The molecule has 2 amide bonds. The molecule has 0 spiro atoms. The summed E-state index contributed by atoms with van der Waals surface area (Å²) in [5, 5.41) is 22.6. The minimum atomic E-state index is -0.807. The summed E-state index contributed by atoms with van der Waals surface area (Å²) in [6.45, 7) is 2.75. The summed E-state index contributed by atoms with van der Waals surface area (Å²) in [6, 6.07) is 0. The molecule has 0 radical (unpaired) electrons. The van der Waals surface area contributed by atoms with Crippen LogP contribution in [0.3, 0.4) is 0 Å². The van der Waals surface area contributed by atoms with Crippen molar-refractivity contribution in [3.63, 3.8) is 0 Å². The van der Waals surface area contributed by atoms with Crippen molar-refractivity contribution in [1.82, 2.24) is 4.90 Å². The normalized spacial score (nSPS) is 20.8. The minimum absolute atomic E-state index is 0.0528. The van der Waals surface area contributed by atoms with Gasteiger partial charge < -0.3 is 15.1 Å². The fourth-order valence-corrected chi connectivity index (χ4v) is 2.67. The van der Waals surface area contributed by atoms with Gasteiger partial charge in [-0.05, 0) is 25.4 Å². The van der Waals surface area contributed by atoms with E-state index in [1.807, 2.05) is 0 Å². The zero-order valence-corrected chi connectivity index (χ0v) is 15.4. The van der Waals surface area contributed by atoms with Crippen molar-refractivity contribution >= 4 is 27.3 Å². The maximum Gasteiger partial charge on any atom is 0.232 e. The fraction of sp³-hybridized carbons (Fsp3) is 0.812. The van der Waals surface area contributed by atoms with Crippen molar-refractivity contribution in [2.75, 3.05) is 19.3 Å². The predicted molar refractivity (Wildman–Crippen MR) is 94.6 cm³/mol. The molecule has 0 bridgehead atoms. The number of amides is 2. The Kier molecular flexibility index (Phi) is 10.1. The van der Waals surface area contributed by atoms with Crippen molar-refractivity contribution in [3.8, 4) is 0 Å². The first-order chi connectivity index (χ1) is 11.5. The van der Waals surface area contributed by atoms with E-state index in [0.717, 1.165) is 25.7 Å². The molecule has 0 aliphatic carbocycles. The van der Waals surface area contributed by atoms with Gasteiger partial charge in [0.1, 0.15) is 6.61 Å². The van der Waals surface area contributed by atoms with Crippen LogP contribution in [0.25, 0.3) is 0 Å². The number of nitrogens with zero attached hydrogens (tertiary/aromatic N) is 2. The molecule has 1 aliphatic rings. The molecule has 1 saturated heterocycles. The Hall–Kier alpha value is -1.04. The Labute approximate surface area is 145 Å². The molecule has 1 rings (SSSR count). The van der Waals surface area contributed by atoms with E-state index in [0.29, 0.717) is 25.7 Å². The van der Waals surface area contributed by atoms with E-state index >= 15 is 0 Å². The third-order valence-electron chi connectivity index (χ3n) is 3.93. The highest BCUT2D eigenvalue weighted by molar-refractivity contribution is 7.16. The standard InChI is InChI=1S/C16H29N2O5P/c1-12-8-15(21)18(16(12)22)6-4-2-3-5-7-23-17-10-13(19)9-14(20)11-24/h10,12-14,19-20H,2-9,11,24H2,1H3/b17-10+. The van der Waals surface area contributed by atoms with Crippen molar-refractivity contribution < 1.29 is 24.6 Å². The molecular formula is C16H29N2O5P. The van der Waals surface area contributed by atoms with Gasteiger partial charge in [-0.3, -0.25) is 14.5 Å². The van der Waals surface area contributed by atoms with Crippen LogP contribution >= 0.6 is 9.24 Å². The van der Waals surface area contributed by atoms with Gasteiger partial charge in [-0.25, -0.2) is 0 Å². The molecular weight excluding hydrogens is 331 g/mol. The summed E-state index contributed by atoms with van der Waals surface area (Å²) >= 11 is 0. The van der Waals surface area contributed by atoms with E-state index in [1.165, 1.54) is 11.1 Å². The van der Waals surface area contributed by atoms with Crippen LogP contribution in [-0.2, 0) is 14.4 Å². The monoisotopic (exact) mass is 360 g/mol. The summed E-state index contributed by atoms with van der Waals surface area (Å²) in [7, 11) is 2.41. The van der Waals surface area contributed by atoms with Crippen LogP contribution in [0.5, 0.6) is 0 Å². The summed E-state index contributed by atoms with van der Waals surface area (Å²) in [5.41, 5.74) is 0. The van der Waals surface area contributed by atoms with Crippen molar-refractivity contribution in [2.24, 2.45) is 11.1 Å². The zero-order valence-electron chi connectivity index (χ0n) is 14.3. The molecule has 138 valence electrons. The van der Waals surface area contributed by atoms with Crippen molar-refractivity contribution in [3.05, 3.63) is 0 Å². The molecule has 4 unspecified atom stereocenters. The lowest BCUT2D eigenvalue weighted by atomic mass is 10.1. The van der Waals surface area contributed by atoms with Gasteiger partial charge >= 0.3 is 0 Å². The molecule has 8 heteroatoms. The molecule has 24 heavy (non-hydrogen) atoms. The number of likely N-dealkylation sites (tertiary alicyclic amines) is 1. The topological polar surface area (TPSA) is 99.4 Å². The van der Waals surface area contributed by atoms with Crippen LogP contribution in [0.2, 0.25) is 0 Å². The largest absolute Gasteiger partial charge is 0.396 e. The minimum Gasteiger partial charge on any atom is -0.396 e. The van der Waals surface area contributed by atoms with Crippen LogP contribution in [-0.4, -0.2) is 64.7 Å². The van der Waals surface area contributed by atoms with E-state index in [-0.39, 0.29) is 24.2 Å². The highest BCUT2D eigenvalue weighted by Gasteiger charge is 2.34. The number of aliphatic hydroxyl groups excluding tert-OH is 2. The second-order valence-corrected chi connectivity index (χ2v) is 6.65. The van der Waals surface area contributed by atoms with Gasteiger partial charge in [-0.2, -0.15) is 0 Å². The molecule has 1 aliphatic heterocycles. The van der Waals surface area contributed by atoms with Crippen molar-refractivity contribution in [1.29, 1.82) is 0 Å². The Morgan fingerprint density at radius 2 is 2.04 bits per heavy atom. The highest BCUT2D eigenvalue weighted by Crippen LogP contribution is 2.19. The van der Waals surface area contributed by atoms with Crippen LogP contribution in [0.4, 0.5) is 0 Å². The quantitative estimate of drug-likeness (QED) is 0.177. The summed E-state index contributed by atoms with van der Waals surface area (Å²) in [4.78, 5) is 29.8. The third-order valence-corrected chi connectivity index (χ3v) is 4.47. The van der Waals surface area contributed by atoms with Gasteiger partial charge in [-0.15, -0.1) is 9.24 Å². The number of rotatable bonds is 12. The van der Waals surface area contributed by atoms with Gasteiger partial charge in [0, 0.05) is 25.3 Å². The zero-order chi connectivity index (χ0) is 17.9. The van der Waals surface area contributed by atoms with Crippen LogP contribution < -0.4 is 0 Å². The summed E-state index contributed by atoms with van der Waals surface area (Å²) in [5.74, 6) is -0.283. The molecule has 0 aromatic heterocycles. The molecule has 4 atom stereocenters. The number of aliphatic hydroxyl groups is 2. The molecule has 1 fully saturated rings. The second kappa shape index (κ2) is 11.5. The molecule has 2 N–H and O–H groups in total. The lowest BCUT2D eigenvalue weighted by Gasteiger charge is -2.13. The number of hydrogen-bond acceptors (Lipinski definition) is 6. The Bertz CT molecular complexity index is 433. The average Bonchev–Trinajstić information content (AvgIpc) is 2.78. The number of hydrogen-bond donors (Lipinski definition) is 2. The van der Waals surface area contributed by atoms with E-state index in [2.05, 4.69) is 14.4 Å². The third kappa shape index (κ3) is 7.69. The lowest BCUT2D eigenvalue weighted by molar-refractivity contribution is -0.139. The highest BCUT2D eigenvalue weighted by atomic mass is 31.0. The lowest BCUT2D eigenvalue weighted by Crippen LogP contribution is -2.31. The van der Waals surface area contributed by atoms with E-state index < -0.39 is 12.2 Å². The molecule has 0 saturated carbocycles. The summed E-state index contributed by atoms with van der Waals surface area (Å²) < 4.78 is 0. The average molecular weight is 360 g/mol. The number of unbranched alkanes of at least 4 members (excludes halogenated alkanes) is 3. The molecule has 0 aromatic carbocycles. The SMILES string of the molecule is CC1CC(=O)N(CCCCCCO/N=C/C(O)CC(O)CP)C1=O. The van der Waals surface area contributed by atoms with E-state index in [4.69, 9.17) is 4.84 Å². The van der Waals surface area contributed by atoms with Gasteiger partial charge in [-0.1, -0.05) is 18.5 Å². The first-order valence-electron chi connectivity index (χ1n) is 8.51. The second-order valence-electron chi connectivity index (χ2n) is 6.18. The van der Waals surface area contributed by atoms with Gasteiger partial charge in [0.15, 0.2) is 0 Å². The number of carbonyl (C=O) groups excluding carboxylic acids is 2. The van der Waals surface area contributed by atoms with Crippen LogP contribution in [0.15, 0.2) is 5.16 Å². The smallest absolute Gasteiger partial charge is 0.232 e. The van der Waals surface area contributed by atoms with Crippen LogP contribution in [0.1, 0.15) is 45.4 Å². The molecule has 7 nitrogen and oxygen atoms in total. The predicted octanol–water partition coefficient (Wildman–Crippen LogP) is 0.931. The number of imide groups is 1. The Morgan fingerprint density at radius 3 is 2.67 bits per heavy atom. The first kappa shape index (κ1) is 21.0. The Morgan fingerprint density at radius 1 is 1.33 bits per heavy atom. The number of carbonyl (C=O) groups is 2. The first-order valence-corrected chi connectivity index (χ1v) is 9.33. The molecule has 0 aromatic rings. The van der Waals surface area contributed by atoms with E-state index in [1.54, 1.807) is 6.92 Å².